The van der Waals surface area contributed by atoms with E-state index in [1.165, 1.54) is 29.5 Å². The minimum atomic E-state index is -1.08. The van der Waals surface area contributed by atoms with Crippen molar-refractivity contribution in [2.24, 2.45) is 5.92 Å². The minimum absolute atomic E-state index is 0.198. The number of carbonyl (C=O) groups is 4. The Hall–Kier alpha value is -3.27. The molecule has 1 atom stereocenters. The van der Waals surface area contributed by atoms with Gasteiger partial charge in [0, 0.05) is 4.88 Å². The van der Waals surface area contributed by atoms with Gasteiger partial charge < -0.3 is 20.1 Å². The highest BCUT2D eigenvalue weighted by atomic mass is 32.1. The van der Waals surface area contributed by atoms with Crippen LogP contribution in [0.4, 0.5) is 9.39 Å². The molecule has 0 fully saturated rings. The van der Waals surface area contributed by atoms with Gasteiger partial charge in [-0.25, -0.2) is 14.0 Å². The second kappa shape index (κ2) is 11.2. The van der Waals surface area contributed by atoms with Gasteiger partial charge >= 0.3 is 11.9 Å². The summed E-state index contributed by atoms with van der Waals surface area (Å²) < 4.78 is 24.1. The molecular formula is C24H27FN2O6S. The molecule has 1 aliphatic carbocycles. The monoisotopic (exact) mass is 490 g/mol. The fourth-order valence-electron chi connectivity index (χ4n) is 3.66. The standard InChI is InChI=1S/C24H27FN2O6S/c1-4-32-23(30)19-15-9-7-11-17(15)34-22(19)26-18(28)12-33-24(31)20(13(2)3)27-21(29)14-8-5-6-10-16(14)25/h5-6,8,10,13,20H,4,7,9,11-12H2,1-3H3,(H,26,28)(H,27,29). The summed E-state index contributed by atoms with van der Waals surface area (Å²) in [5.74, 6) is -3.79. The first-order valence-electron chi connectivity index (χ1n) is 11.1. The van der Waals surface area contributed by atoms with Gasteiger partial charge in [-0.2, -0.15) is 0 Å². The van der Waals surface area contributed by atoms with Crippen LogP contribution in [0.25, 0.3) is 0 Å². The van der Waals surface area contributed by atoms with Crippen molar-refractivity contribution in [3.8, 4) is 0 Å². The van der Waals surface area contributed by atoms with Crippen molar-refractivity contribution in [1.29, 1.82) is 0 Å². The van der Waals surface area contributed by atoms with Gasteiger partial charge in [0.1, 0.15) is 16.9 Å². The molecule has 34 heavy (non-hydrogen) atoms. The third-order valence-electron chi connectivity index (χ3n) is 5.33. The second-order valence-electron chi connectivity index (χ2n) is 8.11. The number of hydrogen-bond acceptors (Lipinski definition) is 7. The molecule has 2 aromatic rings. The maximum Gasteiger partial charge on any atom is 0.341 e. The van der Waals surface area contributed by atoms with Crippen molar-refractivity contribution < 1.29 is 33.0 Å². The maximum absolute atomic E-state index is 13.9. The van der Waals surface area contributed by atoms with Crippen molar-refractivity contribution in [3.05, 3.63) is 51.7 Å². The van der Waals surface area contributed by atoms with Gasteiger partial charge in [0.2, 0.25) is 0 Å². The predicted molar refractivity (Wildman–Crippen MR) is 124 cm³/mol. The number of esters is 2. The number of fused-ring (bicyclic) bond motifs is 1. The van der Waals surface area contributed by atoms with E-state index >= 15 is 0 Å². The van der Waals surface area contributed by atoms with E-state index in [0.717, 1.165) is 35.8 Å². The summed E-state index contributed by atoms with van der Waals surface area (Å²) in [5.41, 5.74) is 1.05. The minimum Gasteiger partial charge on any atom is -0.462 e. The fraction of sp³-hybridized carbons (Fsp3) is 0.417. The molecule has 1 heterocycles. The zero-order chi connectivity index (χ0) is 24.8. The van der Waals surface area contributed by atoms with E-state index in [-0.39, 0.29) is 18.1 Å². The predicted octanol–water partition coefficient (Wildman–Crippen LogP) is 3.49. The lowest BCUT2D eigenvalue weighted by atomic mass is 10.0. The Bertz CT molecular complexity index is 1100. The van der Waals surface area contributed by atoms with Crippen molar-refractivity contribution in [2.75, 3.05) is 18.5 Å². The van der Waals surface area contributed by atoms with Crippen LogP contribution in [0.3, 0.4) is 0 Å². The smallest absolute Gasteiger partial charge is 0.341 e. The van der Waals surface area contributed by atoms with Crippen LogP contribution in [0.2, 0.25) is 0 Å². The Balaban J connectivity index is 1.63. The van der Waals surface area contributed by atoms with Gasteiger partial charge in [0.15, 0.2) is 6.61 Å². The van der Waals surface area contributed by atoms with Crippen LogP contribution < -0.4 is 10.6 Å². The van der Waals surface area contributed by atoms with Crippen LogP contribution in [0, 0.1) is 11.7 Å². The normalized spacial score (nSPS) is 13.2. The molecule has 1 unspecified atom stereocenters. The number of aryl methyl sites for hydroxylation is 1. The largest absolute Gasteiger partial charge is 0.462 e. The maximum atomic E-state index is 13.9. The van der Waals surface area contributed by atoms with Gasteiger partial charge in [0.25, 0.3) is 11.8 Å². The highest BCUT2D eigenvalue weighted by molar-refractivity contribution is 7.17. The number of amides is 2. The van der Waals surface area contributed by atoms with Gasteiger partial charge in [-0.15, -0.1) is 11.3 Å². The van der Waals surface area contributed by atoms with E-state index < -0.39 is 42.2 Å². The number of hydrogen-bond donors (Lipinski definition) is 2. The van der Waals surface area contributed by atoms with Crippen LogP contribution >= 0.6 is 11.3 Å². The van der Waals surface area contributed by atoms with E-state index in [1.54, 1.807) is 20.8 Å². The second-order valence-corrected chi connectivity index (χ2v) is 9.22. The number of benzene rings is 1. The molecule has 2 amide bonds. The topological polar surface area (TPSA) is 111 Å². The third-order valence-corrected chi connectivity index (χ3v) is 6.53. The first-order valence-corrected chi connectivity index (χ1v) is 11.9. The molecule has 1 aliphatic rings. The lowest BCUT2D eigenvalue weighted by molar-refractivity contribution is -0.150. The zero-order valence-corrected chi connectivity index (χ0v) is 20.1. The third kappa shape index (κ3) is 5.80. The lowest BCUT2D eigenvalue weighted by Gasteiger charge is -2.21. The highest BCUT2D eigenvalue weighted by Crippen LogP contribution is 2.39. The summed E-state index contributed by atoms with van der Waals surface area (Å²) in [6, 6.07) is 4.33. The van der Waals surface area contributed by atoms with Gasteiger partial charge in [0.05, 0.1) is 17.7 Å². The molecule has 2 N–H and O–H groups in total. The highest BCUT2D eigenvalue weighted by Gasteiger charge is 2.30. The molecule has 0 saturated carbocycles. The van der Waals surface area contributed by atoms with Gasteiger partial charge in [-0.1, -0.05) is 26.0 Å². The van der Waals surface area contributed by atoms with Gasteiger partial charge in [-0.3, -0.25) is 9.59 Å². The first-order chi connectivity index (χ1) is 16.2. The SMILES string of the molecule is CCOC(=O)c1c(NC(=O)COC(=O)C(NC(=O)c2ccccc2F)C(C)C)sc2c1CCC2. The Kier molecular flexibility index (Phi) is 8.38. The molecule has 1 aromatic carbocycles. The molecule has 0 spiro atoms. The van der Waals surface area contributed by atoms with Crippen LogP contribution in [0.15, 0.2) is 24.3 Å². The van der Waals surface area contributed by atoms with E-state index in [9.17, 15) is 23.6 Å². The summed E-state index contributed by atoms with van der Waals surface area (Å²) in [5, 5.41) is 5.48. The number of nitrogens with one attached hydrogen (secondary N) is 2. The average molecular weight is 491 g/mol. The molecule has 1 aromatic heterocycles. The molecule has 0 saturated heterocycles. The number of anilines is 1. The zero-order valence-electron chi connectivity index (χ0n) is 19.2. The average Bonchev–Trinajstić information content (AvgIpc) is 3.36. The number of rotatable bonds is 9. The van der Waals surface area contributed by atoms with E-state index in [1.807, 2.05) is 0 Å². The molecule has 182 valence electrons. The first kappa shape index (κ1) is 25.4. The number of thiophene rings is 1. The summed E-state index contributed by atoms with van der Waals surface area (Å²) in [6.07, 6.45) is 2.51. The van der Waals surface area contributed by atoms with E-state index in [0.29, 0.717) is 10.6 Å². The van der Waals surface area contributed by atoms with E-state index in [4.69, 9.17) is 9.47 Å². The summed E-state index contributed by atoms with van der Waals surface area (Å²) in [6.45, 7) is 4.68. The lowest BCUT2D eigenvalue weighted by Crippen LogP contribution is -2.46. The van der Waals surface area contributed by atoms with E-state index in [2.05, 4.69) is 10.6 Å². The number of ether oxygens (including phenoxy) is 2. The van der Waals surface area contributed by atoms with Crippen molar-refractivity contribution in [2.45, 2.75) is 46.1 Å². The summed E-state index contributed by atoms with van der Waals surface area (Å²) in [7, 11) is 0. The molecule has 8 nitrogen and oxygen atoms in total. The van der Waals surface area contributed by atoms with Crippen LogP contribution in [0.5, 0.6) is 0 Å². The van der Waals surface area contributed by atoms with Crippen LogP contribution in [0.1, 0.15) is 58.3 Å². The molecule has 3 rings (SSSR count). The summed E-state index contributed by atoms with van der Waals surface area (Å²) in [4.78, 5) is 50.9. The Labute approximate surface area is 200 Å². The van der Waals surface area contributed by atoms with Crippen molar-refractivity contribution in [1.82, 2.24) is 5.32 Å². The quantitative estimate of drug-likeness (QED) is 0.521. The molecular weight excluding hydrogens is 463 g/mol. The van der Waals surface area contributed by atoms with Crippen LogP contribution in [-0.2, 0) is 31.9 Å². The molecule has 0 bridgehead atoms. The van der Waals surface area contributed by atoms with Gasteiger partial charge in [-0.05, 0) is 49.8 Å². The van der Waals surface area contributed by atoms with Crippen molar-refractivity contribution >= 4 is 40.1 Å². The molecule has 0 aliphatic heterocycles. The van der Waals surface area contributed by atoms with Crippen LogP contribution in [-0.4, -0.2) is 43.0 Å². The number of carbonyl (C=O) groups excluding carboxylic acids is 4. The Morgan fingerprint density at radius 2 is 1.85 bits per heavy atom. The Morgan fingerprint density at radius 3 is 2.53 bits per heavy atom. The molecule has 0 radical (unpaired) electrons. The Morgan fingerprint density at radius 1 is 1.12 bits per heavy atom. The fourth-order valence-corrected chi connectivity index (χ4v) is 4.96. The van der Waals surface area contributed by atoms with Crippen molar-refractivity contribution in [3.63, 3.8) is 0 Å². The summed E-state index contributed by atoms with van der Waals surface area (Å²) >= 11 is 1.32. The number of halogens is 1. The molecule has 10 heteroatoms.